The van der Waals surface area contributed by atoms with Crippen molar-refractivity contribution in [2.24, 2.45) is 4.99 Å². The zero-order chi connectivity index (χ0) is 13.2. The first-order valence-corrected chi connectivity index (χ1v) is 8.17. The maximum absolute atomic E-state index is 10.9. The minimum atomic E-state index is -4.13. The lowest BCUT2D eigenvalue weighted by molar-refractivity contribution is 0.498. The van der Waals surface area contributed by atoms with E-state index in [0.717, 1.165) is 23.7 Å². The lowest BCUT2D eigenvalue weighted by Gasteiger charge is -2.07. The molecule has 0 fully saturated rings. The predicted molar refractivity (Wildman–Crippen MR) is 74.8 cm³/mol. The number of hydrogen-bond donors (Lipinski definition) is 1. The van der Waals surface area contributed by atoms with Gasteiger partial charge in [0.15, 0.2) is 0 Å². The van der Waals surface area contributed by atoms with Crippen molar-refractivity contribution in [3.05, 3.63) is 35.4 Å². The first-order valence-electron chi connectivity index (χ1n) is 5.75. The maximum atomic E-state index is 10.9. The Morgan fingerprint density at radius 1 is 1.44 bits per heavy atom. The van der Waals surface area contributed by atoms with Crippen LogP contribution >= 0.6 is 11.8 Å². The van der Waals surface area contributed by atoms with Gasteiger partial charge in [-0.15, -0.1) is 0 Å². The van der Waals surface area contributed by atoms with Gasteiger partial charge in [0.25, 0.3) is 0 Å². The molecule has 0 bridgehead atoms. The molecule has 0 aliphatic carbocycles. The summed E-state index contributed by atoms with van der Waals surface area (Å²) in [7, 11) is -4.13. The minimum absolute atomic E-state index is 0.0703. The van der Waals surface area contributed by atoms with Crippen LogP contribution in [0.15, 0.2) is 29.3 Å². The van der Waals surface area contributed by atoms with Crippen molar-refractivity contribution in [2.45, 2.75) is 25.8 Å². The molecule has 1 aliphatic rings. The van der Waals surface area contributed by atoms with Gasteiger partial charge >= 0.3 is 10.1 Å². The topological polar surface area (TPSA) is 66.7 Å². The molecular formula is C12H15NO3S2. The Morgan fingerprint density at radius 2 is 2.17 bits per heavy atom. The third-order valence-corrected chi connectivity index (χ3v) is 5.21. The highest BCUT2D eigenvalue weighted by Gasteiger charge is 2.26. The van der Waals surface area contributed by atoms with Crippen molar-refractivity contribution in [3.63, 3.8) is 0 Å². The molecule has 6 heteroatoms. The number of aliphatic imine (C=N–C) groups is 1. The van der Waals surface area contributed by atoms with E-state index in [1.165, 1.54) is 5.56 Å². The van der Waals surface area contributed by atoms with Gasteiger partial charge in [-0.05, 0) is 24.0 Å². The lowest BCUT2D eigenvalue weighted by Crippen LogP contribution is -2.09. The van der Waals surface area contributed by atoms with E-state index in [1.807, 2.05) is 12.1 Å². The molecule has 98 valence electrons. The van der Waals surface area contributed by atoms with Crippen LogP contribution in [0.4, 0.5) is 0 Å². The SMILES string of the molecule is CCc1cccc(CC2CSC(S(=O)(=O)O)=N2)c1. The Balaban J connectivity index is 2.09. The van der Waals surface area contributed by atoms with E-state index in [9.17, 15) is 8.42 Å². The van der Waals surface area contributed by atoms with Gasteiger partial charge < -0.3 is 0 Å². The molecule has 4 nitrogen and oxygen atoms in total. The molecule has 0 spiro atoms. The van der Waals surface area contributed by atoms with Crippen LogP contribution in [-0.4, -0.2) is 29.1 Å². The van der Waals surface area contributed by atoms with Crippen molar-refractivity contribution in [2.75, 3.05) is 5.75 Å². The van der Waals surface area contributed by atoms with Crippen LogP contribution < -0.4 is 0 Å². The van der Waals surface area contributed by atoms with E-state index in [2.05, 4.69) is 24.0 Å². The largest absolute Gasteiger partial charge is 0.318 e. The molecule has 1 atom stereocenters. The average molecular weight is 285 g/mol. The monoisotopic (exact) mass is 285 g/mol. The Bertz CT molecular complexity index is 566. The van der Waals surface area contributed by atoms with E-state index in [1.54, 1.807) is 0 Å². The molecule has 1 aromatic carbocycles. The number of benzene rings is 1. The molecule has 1 N–H and O–H groups in total. The van der Waals surface area contributed by atoms with Crippen molar-refractivity contribution >= 4 is 26.3 Å². The summed E-state index contributed by atoms with van der Waals surface area (Å²) < 4.78 is 30.6. The summed E-state index contributed by atoms with van der Waals surface area (Å²) >= 11 is 1.10. The van der Waals surface area contributed by atoms with E-state index in [4.69, 9.17) is 4.55 Å². The van der Waals surface area contributed by atoms with Gasteiger partial charge in [0.2, 0.25) is 4.38 Å². The van der Waals surface area contributed by atoms with Gasteiger partial charge in [-0.3, -0.25) is 9.55 Å². The van der Waals surface area contributed by atoms with Crippen LogP contribution in [0.3, 0.4) is 0 Å². The van der Waals surface area contributed by atoms with Crippen molar-refractivity contribution in [3.8, 4) is 0 Å². The van der Waals surface area contributed by atoms with Gasteiger partial charge in [-0.25, -0.2) is 0 Å². The fraction of sp³-hybridized carbons (Fsp3) is 0.417. The molecule has 1 unspecified atom stereocenters. The summed E-state index contributed by atoms with van der Waals surface area (Å²) in [5.41, 5.74) is 2.41. The third-order valence-electron chi connectivity index (χ3n) is 2.78. The van der Waals surface area contributed by atoms with Crippen LogP contribution in [0.1, 0.15) is 18.1 Å². The van der Waals surface area contributed by atoms with Gasteiger partial charge in [0.1, 0.15) is 0 Å². The summed E-state index contributed by atoms with van der Waals surface area (Å²) in [4.78, 5) is 4.05. The van der Waals surface area contributed by atoms with Crippen molar-refractivity contribution in [1.82, 2.24) is 0 Å². The van der Waals surface area contributed by atoms with E-state index in [-0.39, 0.29) is 10.4 Å². The molecule has 0 saturated heterocycles. The van der Waals surface area contributed by atoms with Gasteiger partial charge in [-0.2, -0.15) is 8.42 Å². The Hall–Kier alpha value is -0.850. The Morgan fingerprint density at radius 3 is 2.78 bits per heavy atom. The molecule has 1 aliphatic heterocycles. The van der Waals surface area contributed by atoms with Gasteiger partial charge in [0.05, 0.1) is 6.04 Å². The highest BCUT2D eigenvalue weighted by Crippen LogP contribution is 2.24. The predicted octanol–water partition coefficient (Wildman–Crippen LogP) is 2.15. The van der Waals surface area contributed by atoms with Gasteiger partial charge in [0, 0.05) is 5.75 Å². The minimum Gasteiger partial charge on any atom is -0.280 e. The number of hydrogen-bond acceptors (Lipinski definition) is 4. The standard InChI is InChI=1S/C12H15NO3S2/c1-2-9-4-3-5-10(6-9)7-11-8-17-12(13-11)18(14,15)16/h3-6,11H,2,7-8H2,1H3,(H,14,15,16). The maximum Gasteiger partial charge on any atom is 0.318 e. The third kappa shape index (κ3) is 3.34. The molecule has 18 heavy (non-hydrogen) atoms. The number of aryl methyl sites for hydroxylation is 1. The Labute approximate surface area is 111 Å². The van der Waals surface area contributed by atoms with Crippen LogP contribution in [-0.2, 0) is 23.0 Å². The second-order valence-corrected chi connectivity index (χ2v) is 6.82. The highest BCUT2D eigenvalue weighted by molar-refractivity contribution is 8.33. The number of rotatable bonds is 3. The number of thioether (sulfide) groups is 1. The quantitative estimate of drug-likeness (QED) is 0.864. The molecule has 1 heterocycles. The highest BCUT2D eigenvalue weighted by atomic mass is 32.3. The molecule has 0 aromatic heterocycles. The molecule has 0 saturated carbocycles. The van der Waals surface area contributed by atoms with Crippen molar-refractivity contribution in [1.29, 1.82) is 0 Å². The summed E-state index contributed by atoms with van der Waals surface area (Å²) in [6.45, 7) is 2.10. The molecule has 1 aromatic rings. The zero-order valence-corrected chi connectivity index (χ0v) is 11.7. The summed E-state index contributed by atoms with van der Waals surface area (Å²) in [5.74, 6) is 0.603. The fourth-order valence-electron chi connectivity index (χ4n) is 1.89. The molecule has 0 radical (unpaired) electrons. The fourth-order valence-corrected chi connectivity index (χ4v) is 3.72. The first kappa shape index (κ1) is 13.6. The van der Waals surface area contributed by atoms with E-state index < -0.39 is 10.1 Å². The lowest BCUT2D eigenvalue weighted by atomic mass is 10.0. The van der Waals surface area contributed by atoms with Crippen molar-refractivity contribution < 1.29 is 13.0 Å². The molecule has 0 amide bonds. The second kappa shape index (κ2) is 5.42. The van der Waals surface area contributed by atoms with Crippen LogP contribution in [0, 0.1) is 0 Å². The van der Waals surface area contributed by atoms with Crippen LogP contribution in [0.2, 0.25) is 0 Å². The van der Waals surface area contributed by atoms with Gasteiger partial charge in [-0.1, -0.05) is 43.0 Å². The zero-order valence-electron chi connectivity index (χ0n) is 10.0. The summed E-state index contributed by atoms with van der Waals surface area (Å²) in [5, 5.41) is 0. The van der Waals surface area contributed by atoms with Crippen LogP contribution in [0.25, 0.3) is 0 Å². The molecule has 2 rings (SSSR count). The molecular weight excluding hydrogens is 270 g/mol. The summed E-state index contributed by atoms with van der Waals surface area (Å²) in [6.07, 6.45) is 1.69. The summed E-state index contributed by atoms with van der Waals surface area (Å²) in [6, 6.07) is 8.14. The second-order valence-electron chi connectivity index (χ2n) is 4.21. The smallest absolute Gasteiger partial charge is 0.280 e. The number of nitrogens with zero attached hydrogens (tertiary/aromatic N) is 1. The first-order chi connectivity index (χ1) is 8.49. The average Bonchev–Trinajstić information content (AvgIpc) is 2.77. The van der Waals surface area contributed by atoms with E-state index >= 15 is 0 Å². The Kier molecular flexibility index (Phi) is 4.09. The van der Waals surface area contributed by atoms with Crippen LogP contribution in [0.5, 0.6) is 0 Å². The van der Waals surface area contributed by atoms with E-state index in [0.29, 0.717) is 12.2 Å². The normalized spacial score (nSPS) is 19.9.